The van der Waals surface area contributed by atoms with E-state index in [1.165, 1.54) is 6.42 Å². The van der Waals surface area contributed by atoms with Crippen molar-refractivity contribution < 1.29 is 14.3 Å². The second-order valence-corrected chi connectivity index (χ2v) is 10.6. The van der Waals surface area contributed by atoms with Crippen LogP contribution in [0, 0.1) is 11.8 Å². The van der Waals surface area contributed by atoms with Gasteiger partial charge in [0.2, 0.25) is 0 Å². The molecule has 8 nitrogen and oxygen atoms in total. The first-order valence-corrected chi connectivity index (χ1v) is 12.4. The molecule has 4 aliphatic carbocycles. The Morgan fingerprint density at radius 2 is 1.53 bits per heavy atom. The first kappa shape index (κ1) is 21.5. The number of rotatable bonds is 5. The number of nitrogens with zero attached hydrogens (tertiary/aromatic N) is 3. The van der Waals surface area contributed by atoms with Crippen molar-refractivity contribution in [2.24, 2.45) is 11.8 Å². The Balaban J connectivity index is 1.20. The van der Waals surface area contributed by atoms with Crippen molar-refractivity contribution in [3.63, 3.8) is 0 Å². The molecule has 178 valence electrons. The molecular formula is C26H31N5O3. The van der Waals surface area contributed by atoms with Gasteiger partial charge >= 0.3 is 0 Å². The monoisotopic (exact) mass is 461 g/mol. The summed E-state index contributed by atoms with van der Waals surface area (Å²) in [5, 5.41) is 6.74. The van der Waals surface area contributed by atoms with E-state index in [9.17, 15) is 9.59 Å². The normalized spacial score (nSPS) is 31.8. The van der Waals surface area contributed by atoms with Gasteiger partial charge in [0.15, 0.2) is 0 Å². The van der Waals surface area contributed by atoms with Gasteiger partial charge in [-0.1, -0.05) is 12.1 Å². The molecule has 1 saturated heterocycles. The quantitative estimate of drug-likeness (QED) is 0.711. The maximum absolute atomic E-state index is 13.4. The SMILES string of the molecule is O=C(NC12CC3CC(C1)CC(NC(=O)c1cccc(N4CCOCC4)n1)(C3)C2)c1ccccn1. The molecule has 2 amide bonds. The molecule has 1 aliphatic heterocycles. The van der Waals surface area contributed by atoms with Crippen LogP contribution in [0.2, 0.25) is 0 Å². The Hall–Kier alpha value is -3.00. The topological polar surface area (TPSA) is 96.5 Å². The van der Waals surface area contributed by atoms with Gasteiger partial charge in [0, 0.05) is 30.4 Å². The van der Waals surface area contributed by atoms with Crippen LogP contribution in [0.25, 0.3) is 0 Å². The van der Waals surface area contributed by atoms with Crippen molar-refractivity contribution in [3.8, 4) is 0 Å². The lowest BCUT2D eigenvalue weighted by Gasteiger charge is -2.62. The standard InChI is InChI=1S/C26H31N5O3/c32-23(20-4-1-2-7-27-20)29-25-13-18-12-19(14-25)16-26(15-18,17-25)30-24(33)21-5-3-6-22(28-21)31-8-10-34-11-9-31/h1-7,18-19H,8-17H2,(H,29,32)(H,30,33). The Morgan fingerprint density at radius 1 is 0.882 bits per heavy atom. The predicted molar refractivity (Wildman–Crippen MR) is 127 cm³/mol. The van der Waals surface area contributed by atoms with Gasteiger partial charge in [-0.05, 0) is 74.6 Å². The smallest absolute Gasteiger partial charge is 0.270 e. The summed E-state index contributed by atoms with van der Waals surface area (Å²) in [5.41, 5.74) is 0.316. The minimum Gasteiger partial charge on any atom is -0.378 e. The summed E-state index contributed by atoms with van der Waals surface area (Å²) in [6.07, 6.45) is 7.49. The molecule has 4 bridgehead atoms. The molecule has 2 atom stereocenters. The van der Waals surface area contributed by atoms with Gasteiger partial charge in [-0.25, -0.2) is 4.98 Å². The number of amides is 2. The van der Waals surface area contributed by atoms with E-state index in [1.54, 1.807) is 18.3 Å². The summed E-state index contributed by atoms with van der Waals surface area (Å²) in [4.78, 5) is 37.4. The lowest BCUT2D eigenvalue weighted by atomic mass is 9.49. The minimum absolute atomic E-state index is 0.121. The molecule has 0 spiro atoms. The van der Waals surface area contributed by atoms with Crippen LogP contribution in [0.4, 0.5) is 5.82 Å². The van der Waals surface area contributed by atoms with Crippen LogP contribution >= 0.6 is 0 Å². The van der Waals surface area contributed by atoms with E-state index in [1.807, 2.05) is 24.3 Å². The molecule has 2 aromatic rings. The van der Waals surface area contributed by atoms with Gasteiger partial charge in [-0.3, -0.25) is 14.6 Å². The minimum atomic E-state index is -0.296. The maximum Gasteiger partial charge on any atom is 0.270 e. The number of pyridine rings is 2. The summed E-state index contributed by atoms with van der Waals surface area (Å²) >= 11 is 0. The lowest BCUT2D eigenvalue weighted by molar-refractivity contribution is -0.0449. The molecule has 5 aliphatic rings. The third kappa shape index (κ3) is 4.04. The second kappa shape index (κ2) is 8.34. The summed E-state index contributed by atoms with van der Waals surface area (Å²) in [7, 11) is 0. The summed E-state index contributed by atoms with van der Waals surface area (Å²) in [6.45, 7) is 2.92. The average Bonchev–Trinajstić information content (AvgIpc) is 2.84. The number of ether oxygens (including phenoxy) is 1. The number of morpholine rings is 1. The van der Waals surface area contributed by atoms with Gasteiger partial charge in [-0.2, -0.15) is 0 Å². The van der Waals surface area contributed by atoms with Gasteiger partial charge in [0.1, 0.15) is 17.2 Å². The maximum atomic E-state index is 13.4. The van der Waals surface area contributed by atoms with Crippen molar-refractivity contribution in [2.45, 2.75) is 49.6 Å². The summed E-state index contributed by atoms with van der Waals surface area (Å²) in [6, 6.07) is 11.0. The van der Waals surface area contributed by atoms with Crippen LogP contribution in [-0.2, 0) is 4.74 Å². The molecule has 7 rings (SSSR count). The van der Waals surface area contributed by atoms with E-state index in [2.05, 4.69) is 25.5 Å². The Morgan fingerprint density at radius 3 is 2.18 bits per heavy atom. The number of aromatic nitrogens is 2. The Labute approximate surface area is 199 Å². The Kier molecular flexibility index (Phi) is 5.28. The van der Waals surface area contributed by atoms with E-state index in [4.69, 9.17) is 4.74 Å². The highest BCUT2D eigenvalue weighted by atomic mass is 16.5. The van der Waals surface area contributed by atoms with Crippen LogP contribution in [0.15, 0.2) is 42.6 Å². The summed E-state index contributed by atoms with van der Waals surface area (Å²) < 4.78 is 5.44. The van der Waals surface area contributed by atoms with Crippen molar-refractivity contribution in [1.29, 1.82) is 0 Å². The fourth-order valence-corrected chi connectivity index (χ4v) is 7.18. The van der Waals surface area contributed by atoms with Gasteiger partial charge < -0.3 is 20.3 Å². The fourth-order valence-electron chi connectivity index (χ4n) is 7.18. The number of anilines is 1. The predicted octanol–water partition coefficient (Wildman–Crippen LogP) is 2.56. The Bertz CT molecular complexity index is 1070. The van der Waals surface area contributed by atoms with E-state index >= 15 is 0 Å². The van der Waals surface area contributed by atoms with Crippen LogP contribution in [0.3, 0.4) is 0 Å². The number of carbonyl (C=O) groups is 2. The number of nitrogens with one attached hydrogen (secondary N) is 2. The lowest BCUT2D eigenvalue weighted by Crippen LogP contribution is -2.70. The van der Waals surface area contributed by atoms with E-state index in [-0.39, 0.29) is 22.9 Å². The van der Waals surface area contributed by atoms with Crippen LogP contribution < -0.4 is 15.5 Å². The zero-order chi connectivity index (χ0) is 23.2. The third-order valence-electron chi connectivity index (χ3n) is 8.02. The first-order valence-electron chi connectivity index (χ1n) is 12.4. The zero-order valence-corrected chi connectivity index (χ0v) is 19.3. The zero-order valence-electron chi connectivity index (χ0n) is 19.3. The number of hydrogen-bond acceptors (Lipinski definition) is 6. The van der Waals surface area contributed by atoms with Crippen LogP contribution in [0.5, 0.6) is 0 Å². The fraction of sp³-hybridized carbons (Fsp3) is 0.538. The first-order chi connectivity index (χ1) is 16.5. The molecule has 34 heavy (non-hydrogen) atoms. The molecule has 4 saturated carbocycles. The molecule has 8 heteroatoms. The molecule has 0 aromatic carbocycles. The molecule has 2 aromatic heterocycles. The highest BCUT2D eigenvalue weighted by Crippen LogP contribution is 2.57. The van der Waals surface area contributed by atoms with Gasteiger partial charge in [0.25, 0.3) is 11.8 Å². The molecule has 3 heterocycles. The van der Waals surface area contributed by atoms with Gasteiger partial charge in [0.05, 0.1) is 13.2 Å². The van der Waals surface area contributed by atoms with Crippen molar-refractivity contribution in [3.05, 3.63) is 54.0 Å². The molecule has 5 fully saturated rings. The van der Waals surface area contributed by atoms with E-state index in [0.717, 1.165) is 51.0 Å². The molecule has 2 N–H and O–H groups in total. The van der Waals surface area contributed by atoms with E-state index < -0.39 is 0 Å². The highest BCUT2D eigenvalue weighted by molar-refractivity contribution is 5.94. The van der Waals surface area contributed by atoms with Gasteiger partial charge in [-0.15, -0.1) is 0 Å². The van der Waals surface area contributed by atoms with Crippen LogP contribution in [-0.4, -0.2) is 59.2 Å². The molecule has 0 radical (unpaired) electrons. The molecule has 2 unspecified atom stereocenters. The van der Waals surface area contributed by atoms with Crippen molar-refractivity contribution in [1.82, 2.24) is 20.6 Å². The number of hydrogen-bond donors (Lipinski definition) is 2. The van der Waals surface area contributed by atoms with Crippen LogP contribution in [0.1, 0.15) is 59.5 Å². The number of carbonyl (C=O) groups excluding carboxylic acids is 2. The third-order valence-corrected chi connectivity index (χ3v) is 8.02. The highest BCUT2D eigenvalue weighted by Gasteiger charge is 2.58. The average molecular weight is 462 g/mol. The summed E-state index contributed by atoms with van der Waals surface area (Å²) in [5.74, 6) is 1.60. The van der Waals surface area contributed by atoms with Crippen molar-refractivity contribution >= 4 is 17.6 Å². The van der Waals surface area contributed by atoms with E-state index in [0.29, 0.717) is 36.4 Å². The molecular weight excluding hydrogens is 430 g/mol. The largest absolute Gasteiger partial charge is 0.378 e. The van der Waals surface area contributed by atoms with Crippen molar-refractivity contribution in [2.75, 3.05) is 31.2 Å². The second-order valence-electron chi connectivity index (χ2n) is 10.6.